The van der Waals surface area contributed by atoms with E-state index in [2.05, 4.69) is 32.9 Å². The van der Waals surface area contributed by atoms with Crippen LogP contribution in [0, 0.1) is 0 Å². The zero-order valence-electron chi connectivity index (χ0n) is 17.7. The van der Waals surface area contributed by atoms with Crippen molar-refractivity contribution in [2.45, 2.75) is 0 Å². The maximum Gasteiger partial charge on any atom is 0.289 e. The average Bonchev–Trinajstić information content (AvgIpc) is 3.35. The molecule has 32 heavy (non-hydrogen) atoms. The zero-order valence-corrected chi connectivity index (χ0v) is 17.7. The zero-order chi connectivity index (χ0) is 22.3. The van der Waals surface area contributed by atoms with Crippen molar-refractivity contribution in [3.05, 3.63) is 90.1 Å². The Morgan fingerprint density at radius 2 is 1.56 bits per heavy atom. The summed E-state index contributed by atoms with van der Waals surface area (Å²) in [4.78, 5) is 12.4. The van der Waals surface area contributed by atoms with Crippen LogP contribution in [0.2, 0.25) is 0 Å². The molecule has 3 aromatic carbocycles. The highest BCUT2D eigenvalue weighted by molar-refractivity contribution is 5.94. The van der Waals surface area contributed by atoms with E-state index in [1.807, 2.05) is 48.5 Å². The van der Waals surface area contributed by atoms with Crippen molar-refractivity contribution in [2.24, 2.45) is 5.10 Å². The van der Waals surface area contributed by atoms with Crippen molar-refractivity contribution in [1.82, 2.24) is 15.6 Å². The Morgan fingerprint density at radius 3 is 2.28 bits per heavy atom. The SMILES string of the molecule is COc1ccc(-c2cc(C(=O)N/N=C\c3ccc(-c4ccccc4)cc3)[nH]n2)cc1OC. The third-order valence-electron chi connectivity index (χ3n) is 4.90. The molecule has 0 aliphatic rings. The number of amides is 1. The Kier molecular flexibility index (Phi) is 6.27. The van der Waals surface area contributed by atoms with Gasteiger partial charge in [0.2, 0.25) is 0 Å². The van der Waals surface area contributed by atoms with Gasteiger partial charge in [0, 0.05) is 5.56 Å². The summed E-state index contributed by atoms with van der Waals surface area (Å²) in [5, 5.41) is 11.0. The molecule has 0 radical (unpaired) electrons. The van der Waals surface area contributed by atoms with Crippen molar-refractivity contribution in [1.29, 1.82) is 0 Å². The van der Waals surface area contributed by atoms with Gasteiger partial charge in [-0.15, -0.1) is 0 Å². The largest absolute Gasteiger partial charge is 0.493 e. The molecule has 4 aromatic rings. The third kappa shape index (κ3) is 4.67. The van der Waals surface area contributed by atoms with Gasteiger partial charge in [0.1, 0.15) is 5.69 Å². The minimum absolute atomic E-state index is 0.298. The quantitative estimate of drug-likeness (QED) is 0.336. The number of rotatable bonds is 7. The number of H-pyrrole nitrogens is 1. The third-order valence-corrected chi connectivity index (χ3v) is 4.90. The molecule has 1 heterocycles. The molecule has 0 fully saturated rings. The van der Waals surface area contributed by atoms with E-state index in [0.29, 0.717) is 22.9 Å². The predicted octanol–water partition coefficient (Wildman–Crippen LogP) is 4.52. The smallest absolute Gasteiger partial charge is 0.289 e. The molecule has 0 bridgehead atoms. The van der Waals surface area contributed by atoms with Crippen molar-refractivity contribution in [2.75, 3.05) is 14.2 Å². The van der Waals surface area contributed by atoms with E-state index in [9.17, 15) is 4.79 Å². The lowest BCUT2D eigenvalue weighted by molar-refractivity contribution is 0.0950. The van der Waals surface area contributed by atoms with Gasteiger partial charge in [0.05, 0.1) is 26.1 Å². The van der Waals surface area contributed by atoms with E-state index in [1.54, 1.807) is 38.6 Å². The second kappa shape index (κ2) is 9.61. The molecule has 0 atom stereocenters. The summed E-state index contributed by atoms with van der Waals surface area (Å²) in [6.45, 7) is 0. The van der Waals surface area contributed by atoms with Crippen LogP contribution in [0.15, 0.2) is 84.0 Å². The van der Waals surface area contributed by atoms with Gasteiger partial charge in [-0.1, -0.05) is 54.6 Å². The Morgan fingerprint density at radius 1 is 0.875 bits per heavy atom. The first-order chi connectivity index (χ1) is 15.7. The van der Waals surface area contributed by atoms with Crippen LogP contribution >= 0.6 is 0 Å². The normalized spacial score (nSPS) is 10.8. The van der Waals surface area contributed by atoms with Crippen LogP contribution in [0.4, 0.5) is 0 Å². The number of hydrogen-bond acceptors (Lipinski definition) is 5. The van der Waals surface area contributed by atoms with Crippen LogP contribution in [0.25, 0.3) is 22.4 Å². The molecule has 160 valence electrons. The second-order valence-corrected chi connectivity index (χ2v) is 6.92. The van der Waals surface area contributed by atoms with Crippen molar-refractivity contribution in [3.63, 3.8) is 0 Å². The number of nitrogens with one attached hydrogen (secondary N) is 2. The summed E-state index contributed by atoms with van der Waals surface area (Å²) in [5.41, 5.74) is 7.35. The highest BCUT2D eigenvalue weighted by Gasteiger charge is 2.12. The van der Waals surface area contributed by atoms with E-state index >= 15 is 0 Å². The summed E-state index contributed by atoms with van der Waals surface area (Å²) in [7, 11) is 3.14. The molecule has 0 unspecified atom stereocenters. The number of aromatic nitrogens is 2. The average molecular weight is 426 g/mol. The molecule has 0 saturated carbocycles. The molecule has 1 amide bonds. The monoisotopic (exact) mass is 426 g/mol. The van der Waals surface area contributed by atoms with Crippen molar-refractivity contribution in [3.8, 4) is 33.9 Å². The van der Waals surface area contributed by atoms with Gasteiger partial charge in [0.15, 0.2) is 11.5 Å². The maximum absolute atomic E-state index is 12.4. The van der Waals surface area contributed by atoms with Gasteiger partial charge < -0.3 is 9.47 Å². The van der Waals surface area contributed by atoms with Gasteiger partial charge in [0.25, 0.3) is 5.91 Å². The number of aromatic amines is 1. The number of benzene rings is 3. The topological polar surface area (TPSA) is 88.6 Å². The number of hydrogen-bond donors (Lipinski definition) is 2. The lowest BCUT2D eigenvalue weighted by Gasteiger charge is -2.08. The minimum Gasteiger partial charge on any atom is -0.493 e. The highest BCUT2D eigenvalue weighted by atomic mass is 16.5. The van der Waals surface area contributed by atoms with Gasteiger partial charge in [-0.3, -0.25) is 9.89 Å². The molecule has 7 heteroatoms. The fourth-order valence-electron chi connectivity index (χ4n) is 3.20. The summed E-state index contributed by atoms with van der Waals surface area (Å²) < 4.78 is 10.6. The molecular formula is C25H22N4O3. The Hall–Kier alpha value is -4.39. The molecule has 0 saturated heterocycles. The van der Waals surface area contributed by atoms with E-state index in [-0.39, 0.29) is 5.91 Å². The standard InChI is InChI=1S/C25H22N4O3/c1-31-23-13-12-20(14-24(23)32-2)21-15-22(28-27-21)25(30)29-26-16-17-8-10-19(11-9-17)18-6-4-3-5-7-18/h3-16H,1-2H3,(H,27,28)(H,29,30)/b26-16-. The lowest BCUT2D eigenvalue weighted by atomic mass is 10.0. The van der Waals surface area contributed by atoms with Crippen LogP contribution in [-0.2, 0) is 0 Å². The summed E-state index contributed by atoms with van der Waals surface area (Å²) in [6.07, 6.45) is 1.60. The van der Waals surface area contributed by atoms with E-state index in [4.69, 9.17) is 9.47 Å². The van der Waals surface area contributed by atoms with Crippen LogP contribution in [-0.4, -0.2) is 36.5 Å². The first-order valence-electron chi connectivity index (χ1n) is 9.94. The number of ether oxygens (including phenoxy) is 2. The first-order valence-corrected chi connectivity index (χ1v) is 9.94. The number of nitrogens with zero attached hydrogens (tertiary/aromatic N) is 2. The Labute approximate surface area is 185 Å². The first kappa shape index (κ1) is 20.9. The van der Waals surface area contributed by atoms with Crippen LogP contribution in [0.5, 0.6) is 11.5 Å². The molecule has 0 aliphatic carbocycles. The van der Waals surface area contributed by atoms with Crippen LogP contribution in [0.3, 0.4) is 0 Å². The molecule has 4 rings (SSSR count). The summed E-state index contributed by atoms with van der Waals surface area (Å²) in [5.74, 6) is 0.819. The van der Waals surface area contributed by atoms with Gasteiger partial charge in [-0.25, -0.2) is 5.43 Å². The Bertz CT molecular complexity index is 1230. The lowest BCUT2D eigenvalue weighted by Crippen LogP contribution is -2.17. The van der Waals surface area contributed by atoms with Crippen molar-refractivity contribution < 1.29 is 14.3 Å². The number of carbonyl (C=O) groups is 1. The summed E-state index contributed by atoms with van der Waals surface area (Å²) in [6, 6.07) is 25.1. The van der Waals surface area contributed by atoms with Crippen LogP contribution < -0.4 is 14.9 Å². The molecular weight excluding hydrogens is 404 g/mol. The maximum atomic E-state index is 12.4. The number of hydrazone groups is 1. The molecule has 0 spiro atoms. The minimum atomic E-state index is -0.388. The van der Waals surface area contributed by atoms with Crippen molar-refractivity contribution >= 4 is 12.1 Å². The van der Waals surface area contributed by atoms with E-state index in [0.717, 1.165) is 22.3 Å². The van der Waals surface area contributed by atoms with Gasteiger partial charge in [-0.2, -0.15) is 10.2 Å². The number of carbonyl (C=O) groups excluding carboxylic acids is 1. The molecule has 7 nitrogen and oxygen atoms in total. The fraction of sp³-hybridized carbons (Fsp3) is 0.0800. The fourth-order valence-corrected chi connectivity index (χ4v) is 3.20. The van der Waals surface area contributed by atoms with Crippen LogP contribution in [0.1, 0.15) is 16.1 Å². The predicted molar refractivity (Wildman–Crippen MR) is 124 cm³/mol. The second-order valence-electron chi connectivity index (χ2n) is 6.92. The van der Waals surface area contributed by atoms with E-state index < -0.39 is 0 Å². The summed E-state index contributed by atoms with van der Waals surface area (Å²) >= 11 is 0. The highest BCUT2D eigenvalue weighted by Crippen LogP contribution is 2.31. The molecule has 1 aromatic heterocycles. The van der Waals surface area contributed by atoms with E-state index in [1.165, 1.54) is 0 Å². The Balaban J connectivity index is 1.40. The molecule has 2 N–H and O–H groups in total. The number of methoxy groups -OCH3 is 2. The van der Waals surface area contributed by atoms with Gasteiger partial charge >= 0.3 is 0 Å². The van der Waals surface area contributed by atoms with Gasteiger partial charge in [-0.05, 0) is 41.0 Å². The molecule has 0 aliphatic heterocycles.